The van der Waals surface area contributed by atoms with Gasteiger partial charge in [-0.3, -0.25) is 9.59 Å². The second-order valence-electron chi connectivity index (χ2n) is 9.51. The first-order chi connectivity index (χ1) is 24.0. The SMILES string of the molecule is CC.CC.CC.CN.NC(=O)c1[nH]c2ccccc2c1S(=O)(=O)N1CCOCC1.NC(=O)c1[nH]c2ccccc2c1S(=O)(=O)N1CCOCC1. The van der Waals surface area contributed by atoms with E-state index in [1.165, 1.54) is 15.7 Å². The van der Waals surface area contributed by atoms with E-state index in [-0.39, 0.29) is 47.4 Å². The molecule has 2 amide bonds. The summed E-state index contributed by atoms with van der Waals surface area (Å²) < 4.78 is 64.3. The molecule has 0 atom stereocenters. The van der Waals surface area contributed by atoms with Gasteiger partial charge >= 0.3 is 0 Å². The number of rotatable bonds is 6. The molecule has 2 fully saturated rings. The predicted molar refractivity (Wildman–Crippen MR) is 197 cm³/mol. The highest BCUT2D eigenvalue weighted by molar-refractivity contribution is 7.89. The number of fused-ring (bicyclic) bond motifs is 2. The van der Waals surface area contributed by atoms with Crippen molar-refractivity contribution in [2.75, 3.05) is 59.7 Å². The van der Waals surface area contributed by atoms with Crippen molar-refractivity contribution >= 4 is 53.7 Å². The maximum absolute atomic E-state index is 12.8. The van der Waals surface area contributed by atoms with Gasteiger partial charge in [-0.1, -0.05) is 77.9 Å². The average molecular weight is 740 g/mol. The van der Waals surface area contributed by atoms with Crippen LogP contribution < -0.4 is 17.2 Å². The third-order valence-corrected chi connectivity index (χ3v) is 10.9. The van der Waals surface area contributed by atoms with E-state index in [2.05, 4.69) is 15.7 Å². The summed E-state index contributed by atoms with van der Waals surface area (Å²) in [6.07, 6.45) is 0. The minimum Gasteiger partial charge on any atom is -0.379 e. The highest BCUT2D eigenvalue weighted by Crippen LogP contribution is 2.31. The van der Waals surface area contributed by atoms with Crippen molar-refractivity contribution in [3.63, 3.8) is 0 Å². The fourth-order valence-corrected chi connectivity index (χ4v) is 8.45. The zero-order valence-electron chi connectivity index (χ0n) is 30.0. The summed E-state index contributed by atoms with van der Waals surface area (Å²) in [5.74, 6) is -1.59. The van der Waals surface area contributed by atoms with Gasteiger partial charge in [0.2, 0.25) is 20.0 Å². The fourth-order valence-electron chi connectivity index (χ4n) is 4.95. The molecule has 2 aliphatic rings. The van der Waals surface area contributed by atoms with Gasteiger partial charge in [0.25, 0.3) is 11.8 Å². The topological polar surface area (TPSA) is 237 Å². The molecule has 0 bridgehead atoms. The zero-order valence-corrected chi connectivity index (χ0v) is 31.6. The number of carbonyl (C=O) groups excluding carboxylic acids is 2. The Morgan fingerprint density at radius 1 is 0.580 bits per heavy atom. The molecular weight excluding hydrogens is 687 g/mol. The number of H-pyrrole nitrogens is 2. The number of benzene rings is 2. The standard InChI is InChI=1S/2C13H15N3O4S.3C2H6.CH5N/c2*14-13(17)11-12(9-3-1-2-4-10(9)15-11)21(18,19)16-5-7-20-8-6-16;4*1-2/h2*1-4,15H,5-8H2,(H2,14,17);3*1-2H3;2H2,1H3. The summed E-state index contributed by atoms with van der Waals surface area (Å²) in [4.78, 5) is 28.7. The predicted octanol–water partition coefficient (Wildman–Crippen LogP) is 3.23. The van der Waals surface area contributed by atoms with Crippen LogP contribution in [0.5, 0.6) is 0 Å². The van der Waals surface area contributed by atoms with Crippen molar-refractivity contribution in [1.29, 1.82) is 0 Å². The van der Waals surface area contributed by atoms with Gasteiger partial charge in [0.1, 0.15) is 21.2 Å². The molecule has 4 aromatic rings. The van der Waals surface area contributed by atoms with Crippen molar-refractivity contribution in [1.82, 2.24) is 18.6 Å². The first-order valence-electron chi connectivity index (χ1n) is 16.6. The molecule has 6 rings (SSSR count). The van der Waals surface area contributed by atoms with Gasteiger partial charge in [-0.05, 0) is 19.2 Å². The first-order valence-corrected chi connectivity index (χ1v) is 19.5. The summed E-state index contributed by atoms with van der Waals surface area (Å²) in [5, 5.41) is 0.940. The van der Waals surface area contributed by atoms with Gasteiger partial charge in [-0.25, -0.2) is 16.8 Å². The molecular formula is C33H53N7O8S2. The molecule has 0 saturated carbocycles. The lowest BCUT2D eigenvalue weighted by molar-refractivity contribution is 0.0730. The second kappa shape index (κ2) is 21.4. The van der Waals surface area contributed by atoms with E-state index in [1.54, 1.807) is 48.5 Å². The molecule has 2 aliphatic heterocycles. The summed E-state index contributed by atoms with van der Waals surface area (Å²) >= 11 is 0. The summed E-state index contributed by atoms with van der Waals surface area (Å²) in [5.41, 5.74) is 16.1. The summed E-state index contributed by atoms with van der Waals surface area (Å²) in [7, 11) is -6.10. The number of nitrogens with zero attached hydrogens (tertiary/aromatic N) is 2. The van der Waals surface area contributed by atoms with Gasteiger partial charge in [0.05, 0.1) is 26.4 Å². The Labute approximate surface area is 295 Å². The Morgan fingerprint density at radius 2 is 0.860 bits per heavy atom. The molecule has 2 aromatic carbocycles. The molecule has 0 unspecified atom stereocenters. The van der Waals surface area contributed by atoms with Gasteiger partial charge < -0.3 is 36.6 Å². The van der Waals surface area contributed by atoms with Crippen molar-refractivity contribution in [2.24, 2.45) is 17.2 Å². The van der Waals surface area contributed by atoms with Crippen LogP contribution in [-0.2, 0) is 29.5 Å². The Hall–Kier alpha value is -3.84. The van der Waals surface area contributed by atoms with Gasteiger partial charge in [0.15, 0.2) is 0 Å². The maximum atomic E-state index is 12.8. The van der Waals surface area contributed by atoms with Gasteiger partial charge in [-0.15, -0.1) is 0 Å². The lowest BCUT2D eigenvalue weighted by Crippen LogP contribution is -2.41. The van der Waals surface area contributed by atoms with Gasteiger partial charge in [-0.2, -0.15) is 8.61 Å². The van der Waals surface area contributed by atoms with Crippen molar-refractivity contribution < 1.29 is 35.9 Å². The van der Waals surface area contributed by atoms with Crippen LogP contribution in [0.15, 0.2) is 58.3 Å². The van der Waals surface area contributed by atoms with Crippen LogP contribution in [0.1, 0.15) is 62.5 Å². The number of ether oxygens (including phenoxy) is 2. The van der Waals surface area contributed by atoms with E-state index in [9.17, 15) is 26.4 Å². The molecule has 2 saturated heterocycles. The van der Waals surface area contributed by atoms with E-state index < -0.39 is 31.9 Å². The number of amides is 2. The van der Waals surface area contributed by atoms with Crippen LogP contribution in [-0.4, -0.2) is 107 Å². The second-order valence-corrected chi connectivity index (χ2v) is 13.3. The minimum absolute atomic E-state index is 0.0486. The van der Waals surface area contributed by atoms with Crippen LogP contribution in [0.3, 0.4) is 0 Å². The molecule has 17 heteroatoms. The number of primary amides is 2. The third-order valence-electron chi connectivity index (χ3n) is 6.95. The van der Waals surface area contributed by atoms with E-state index in [1.807, 2.05) is 41.5 Å². The first kappa shape index (κ1) is 44.2. The molecule has 15 nitrogen and oxygen atoms in total. The van der Waals surface area contributed by atoms with Gasteiger partial charge in [0, 0.05) is 48.0 Å². The van der Waals surface area contributed by atoms with Crippen LogP contribution in [0.25, 0.3) is 21.8 Å². The molecule has 4 heterocycles. The number of hydrogen-bond donors (Lipinski definition) is 5. The molecule has 8 N–H and O–H groups in total. The van der Waals surface area contributed by atoms with Crippen LogP contribution in [0, 0.1) is 0 Å². The third kappa shape index (κ3) is 10.1. The fraction of sp³-hybridized carbons (Fsp3) is 0.455. The minimum atomic E-state index is -3.80. The van der Waals surface area contributed by atoms with Crippen LogP contribution >= 0.6 is 0 Å². The Morgan fingerprint density at radius 3 is 1.14 bits per heavy atom. The zero-order chi connectivity index (χ0) is 38.1. The normalized spacial score (nSPS) is 14.9. The van der Waals surface area contributed by atoms with Crippen LogP contribution in [0.4, 0.5) is 0 Å². The Kier molecular flexibility index (Phi) is 18.9. The number of sulfonamides is 2. The molecule has 0 spiro atoms. The van der Waals surface area contributed by atoms with Crippen molar-refractivity contribution in [2.45, 2.75) is 51.3 Å². The molecule has 0 radical (unpaired) electrons. The number of hydrogen-bond acceptors (Lipinski definition) is 9. The highest BCUT2D eigenvalue weighted by atomic mass is 32.2. The van der Waals surface area contributed by atoms with Crippen molar-refractivity contribution in [3.8, 4) is 0 Å². The lowest BCUT2D eigenvalue weighted by atomic mass is 10.2. The maximum Gasteiger partial charge on any atom is 0.266 e. The summed E-state index contributed by atoms with van der Waals surface area (Å²) in [6, 6.07) is 13.7. The molecule has 50 heavy (non-hydrogen) atoms. The summed E-state index contributed by atoms with van der Waals surface area (Å²) in [6.45, 7) is 14.4. The quantitative estimate of drug-likeness (QED) is 0.195. The number of para-hydroxylation sites is 2. The number of morpholine rings is 2. The number of nitrogens with two attached hydrogens (primary N) is 3. The van der Waals surface area contributed by atoms with E-state index in [0.717, 1.165) is 0 Å². The molecule has 280 valence electrons. The largest absolute Gasteiger partial charge is 0.379 e. The number of aromatic nitrogens is 2. The van der Waals surface area contributed by atoms with Crippen LogP contribution in [0.2, 0.25) is 0 Å². The van der Waals surface area contributed by atoms with E-state index >= 15 is 0 Å². The smallest absolute Gasteiger partial charge is 0.266 e. The Balaban J connectivity index is 0.000000417. The molecule has 2 aromatic heterocycles. The monoisotopic (exact) mass is 739 g/mol. The Bertz CT molecular complexity index is 1730. The molecule has 0 aliphatic carbocycles. The van der Waals surface area contributed by atoms with E-state index in [4.69, 9.17) is 20.9 Å². The number of carbonyl (C=O) groups is 2. The lowest BCUT2D eigenvalue weighted by Gasteiger charge is -2.26. The highest BCUT2D eigenvalue weighted by Gasteiger charge is 2.34. The van der Waals surface area contributed by atoms with E-state index in [0.29, 0.717) is 48.2 Å². The van der Waals surface area contributed by atoms with Crippen molar-refractivity contribution in [3.05, 3.63) is 59.9 Å². The number of aromatic amines is 2. The average Bonchev–Trinajstić information content (AvgIpc) is 3.77. The number of nitrogens with one attached hydrogen (secondary N) is 2.